The van der Waals surface area contributed by atoms with Crippen LogP contribution in [0.15, 0.2) is 23.1 Å². The predicted octanol–water partition coefficient (Wildman–Crippen LogP) is 4.39. The SMILES string of the molecule is CCCNC(C)c1c(F)cccc1SC(C)C. The highest BCUT2D eigenvalue weighted by atomic mass is 32.2. The summed E-state index contributed by atoms with van der Waals surface area (Å²) in [5.41, 5.74) is 0.805. The molecule has 0 bridgehead atoms. The van der Waals surface area contributed by atoms with Crippen LogP contribution >= 0.6 is 11.8 Å². The van der Waals surface area contributed by atoms with Crippen LogP contribution in [0.2, 0.25) is 0 Å². The summed E-state index contributed by atoms with van der Waals surface area (Å²) in [6, 6.07) is 5.41. The largest absolute Gasteiger partial charge is 0.310 e. The van der Waals surface area contributed by atoms with Crippen LogP contribution in [-0.2, 0) is 0 Å². The molecule has 0 saturated heterocycles. The van der Waals surface area contributed by atoms with E-state index in [1.165, 1.54) is 0 Å². The van der Waals surface area contributed by atoms with Gasteiger partial charge in [-0.05, 0) is 32.0 Å². The van der Waals surface area contributed by atoms with Gasteiger partial charge >= 0.3 is 0 Å². The Morgan fingerprint density at radius 2 is 2.00 bits per heavy atom. The van der Waals surface area contributed by atoms with Gasteiger partial charge < -0.3 is 5.32 Å². The number of hydrogen-bond acceptors (Lipinski definition) is 2. The molecular weight excluding hydrogens is 233 g/mol. The molecule has 1 aromatic carbocycles. The lowest BCUT2D eigenvalue weighted by molar-refractivity contribution is 0.519. The molecule has 1 nitrogen and oxygen atoms in total. The van der Waals surface area contributed by atoms with Crippen molar-refractivity contribution < 1.29 is 4.39 Å². The molecule has 1 atom stereocenters. The van der Waals surface area contributed by atoms with Crippen LogP contribution < -0.4 is 5.32 Å². The summed E-state index contributed by atoms with van der Waals surface area (Å²) in [5, 5.41) is 3.82. The van der Waals surface area contributed by atoms with E-state index in [1.807, 2.05) is 13.0 Å². The van der Waals surface area contributed by atoms with Crippen molar-refractivity contribution in [1.82, 2.24) is 5.32 Å². The summed E-state index contributed by atoms with van der Waals surface area (Å²) >= 11 is 1.72. The standard InChI is InChI=1S/C14H22FNS/c1-5-9-16-11(4)14-12(15)7-6-8-13(14)17-10(2)3/h6-8,10-11,16H,5,9H2,1-4H3. The summed E-state index contributed by atoms with van der Waals surface area (Å²) in [6.07, 6.45) is 1.06. The Morgan fingerprint density at radius 1 is 1.29 bits per heavy atom. The van der Waals surface area contributed by atoms with Crippen molar-refractivity contribution in [3.8, 4) is 0 Å². The molecule has 0 aliphatic heterocycles. The molecule has 96 valence electrons. The third-order valence-corrected chi connectivity index (χ3v) is 3.59. The van der Waals surface area contributed by atoms with Crippen molar-refractivity contribution in [1.29, 1.82) is 0 Å². The third kappa shape index (κ3) is 4.32. The fourth-order valence-electron chi connectivity index (χ4n) is 1.76. The van der Waals surface area contributed by atoms with E-state index in [2.05, 4.69) is 26.1 Å². The molecule has 0 saturated carbocycles. The number of halogens is 1. The van der Waals surface area contributed by atoms with Crippen molar-refractivity contribution >= 4 is 11.8 Å². The monoisotopic (exact) mass is 255 g/mol. The Bertz CT molecular complexity index is 352. The minimum atomic E-state index is -0.105. The Balaban J connectivity index is 2.93. The molecule has 1 aromatic rings. The van der Waals surface area contributed by atoms with Gasteiger partial charge in [-0.3, -0.25) is 0 Å². The second-order valence-corrected chi connectivity index (χ2v) is 6.11. The molecular formula is C14H22FNS. The smallest absolute Gasteiger partial charge is 0.129 e. The van der Waals surface area contributed by atoms with Gasteiger partial charge in [0.25, 0.3) is 0 Å². The Morgan fingerprint density at radius 3 is 2.59 bits per heavy atom. The van der Waals surface area contributed by atoms with Crippen LogP contribution in [0.4, 0.5) is 4.39 Å². The molecule has 0 spiro atoms. The molecule has 1 N–H and O–H groups in total. The molecule has 0 fully saturated rings. The van der Waals surface area contributed by atoms with Gasteiger partial charge in [-0.1, -0.05) is 26.8 Å². The van der Waals surface area contributed by atoms with E-state index in [0.717, 1.165) is 23.4 Å². The highest BCUT2D eigenvalue weighted by molar-refractivity contribution is 8.00. The number of rotatable bonds is 6. The van der Waals surface area contributed by atoms with Crippen LogP contribution in [0.1, 0.15) is 45.7 Å². The average Bonchev–Trinajstić information content (AvgIpc) is 2.25. The van der Waals surface area contributed by atoms with E-state index >= 15 is 0 Å². The van der Waals surface area contributed by atoms with Crippen molar-refractivity contribution in [3.63, 3.8) is 0 Å². The van der Waals surface area contributed by atoms with Crippen LogP contribution in [0.5, 0.6) is 0 Å². The lowest BCUT2D eigenvalue weighted by Crippen LogP contribution is -2.21. The molecule has 0 aliphatic rings. The topological polar surface area (TPSA) is 12.0 Å². The summed E-state index contributed by atoms with van der Waals surface area (Å²) in [6.45, 7) is 9.32. The van der Waals surface area contributed by atoms with E-state index in [0.29, 0.717) is 5.25 Å². The quantitative estimate of drug-likeness (QED) is 0.757. The van der Waals surface area contributed by atoms with E-state index in [-0.39, 0.29) is 11.9 Å². The van der Waals surface area contributed by atoms with Crippen LogP contribution in [-0.4, -0.2) is 11.8 Å². The first kappa shape index (κ1) is 14.5. The van der Waals surface area contributed by atoms with Gasteiger partial charge in [0.1, 0.15) is 5.82 Å². The summed E-state index contributed by atoms with van der Waals surface area (Å²) in [7, 11) is 0. The molecule has 0 heterocycles. The molecule has 0 amide bonds. The summed E-state index contributed by atoms with van der Waals surface area (Å²) in [4.78, 5) is 1.05. The van der Waals surface area contributed by atoms with E-state index in [4.69, 9.17) is 0 Å². The van der Waals surface area contributed by atoms with Crippen LogP contribution in [0.25, 0.3) is 0 Å². The molecule has 0 aliphatic carbocycles. The zero-order chi connectivity index (χ0) is 12.8. The first-order valence-corrected chi connectivity index (χ1v) is 7.12. The summed E-state index contributed by atoms with van der Waals surface area (Å²) < 4.78 is 13.9. The van der Waals surface area contributed by atoms with Crippen molar-refractivity contribution in [2.24, 2.45) is 0 Å². The van der Waals surface area contributed by atoms with Crippen molar-refractivity contribution in [2.45, 2.75) is 50.3 Å². The maximum Gasteiger partial charge on any atom is 0.129 e. The Hall–Kier alpha value is -0.540. The second kappa shape index (κ2) is 7.02. The van der Waals surface area contributed by atoms with Crippen LogP contribution in [0, 0.1) is 5.82 Å². The highest BCUT2D eigenvalue weighted by Gasteiger charge is 2.15. The minimum Gasteiger partial charge on any atom is -0.310 e. The molecule has 1 unspecified atom stereocenters. The maximum atomic E-state index is 13.9. The molecule has 3 heteroatoms. The Kier molecular flexibility index (Phi) is 6.00. The van der Waals surface area contributed by atoms with E-state index in [9.17, 15) is 4.39 Å². The first-order chi connectivity index (χ1) is 8.06. The zero-order valence-corrected chi connectivity index (χ0v) is 11.9. The van der Waals surface area contributed by atoms with Crippen molar-refractivity contribution in [3.05, 3.63) is 29.6 Å². The lowest BCUT2D eigenvalue weighted by atomic mass is 10.1. The number of thioether (sulfide) groups is 1. The van der Waals surface area contributed by atoms with Crippen LogP contribution in [0.3, 0.4) is 0 Å². The van der Waals surface area contributed by atoms with Gasteiger partial charge in [0.05, 0.1) is 0 Å². The number of hydrogen-bond donors (Lipinski definition) is 1. The average molecular weight is 255 g/mol. The van der Waals surface area contributed by atoms with E-state index < -0.39 is 0 Å². The molecule has 0 radical (unpaired) electrons. The number of benzene rings is 1. The highest BCUT2D eigenvalue weighted by Crippen LogP contribution is 2.32. The molecule has 17 heavy (non-hydrogen) atoms. The fourth-order valence-corrected chi connectivity index (χ4v) is 2.82. The zero-order valence-electron chi connectivity index (χ0n) is 11.1. The normalized spacial score (nSPS) is 13.1. The number of nitrogens with one attached hydrogen (secondary N) is 1. The Labute approximate surface area is 108 Å². The fraction of sp³-hybridized carbons (Fsp3) is 0.571. The lowest BCUT2D eigenvalue weighted by Gasteiger charge is -2.19. The van der Waals surface area contributed by atoms with Gasteiger partial charge in [-0.25, -0.2) is 4.39 Å². The molecule has 0 aromatic heterocycles. The first-order valence-electron chi connectivity index (χ1n) is 6.24. The predicted molar refractivity (Wildman–Crippen MR) is 74.1 cm³/mol. The minimum absolute atomic E-state index is 0.0670. The third-order valence-electron chi connectivity index (χ3n) is 2.51. The second-order valence-electron chi connectivity index (χ2n) is 4.49. The van der Waals surface area contributed by atoms with Gasteiger partial charge in [-0.15, -0.1) is 11.8 Å². The van der Waals surface area contributed by atoms with Crippen molar-refractivity contribution in [2.75, 3.05) is 6.54 Å². The van der Waals surface area contributed by atoms with E-state index in [1.54, 1.807) is 23.9 Å². The van der Waals surface area contributed by atoms with Gasteiger partial charge in [0, 0.05) is 21.8 Å². The maximum absolute atomic E-state index is 13.9. The van der Waals surface area contributed by atoms with Gasteiger partial charge in [0.15, 0.2) is 0 Å². The summed E-state index contributed by atoms with van der Waals surface area (Å²) in [5.74, 6) is -0.105. The molecule has 1 rings (SSSR count). The van der Waals surface area contributed by atoms with Gasteiger partial charge in [-0.2, -0.15) is 0 Å². The van der Waals surface area contributed by atoms with Gasteiger partial charge in [0.2, 0.25) is 0 Å².